The maximum absolute atomic E-state index is 14.3. The Morgan fingerprint density at radius 1 is 1.08 bits per heavy atom. The molecule has 0 radical (unpaired) electrons. The minimum absolute atomic E-state index is 0.125. The predicted molar refractivity (Wildman–Crippen MR) is 150 cm³/mol. The van der Waals surface area contributed by atoms with Crippen LogP contribution < -0.4 is 0 Å². The van der Waals surface area contributed by atoms with Gasteiger partial charge in [0.05, 0.1) is 11.6 Å². The first kappa shape index (κ1) is 27.7. The zero-order valence-electron chi connectivity index (χ0n) is 22.2. The molecular formula is C30H36Cl2N2O3. The highest BCUT2D eigenvalue weighted by molar-refractivity contribution is 6.47. The lowest BCUT2D eigenvalue weighted by atomic mass is 9.69. The highest BCUT2D eigenvalue weighted by atomic mass is 35.5. The van der Waals surface area contributed by atoms with Crippen molar-refractivity contribution in [2.24, 2.45) is 22.2 Å². The van der Waals surface area contributed by atoms with Gasteiger partial charge in [-0.3, -0.25) is 9.79 Å². The van der Waals surface area contributed by atoms with Crippen molar-refractivity contribution < 1.29 is 14.7 Å². The summed E-state index contributed by atoms with van der Waals surface area (Å²) in [5.74, 6) is -0.233. The molecule has 1 aliphatic carbocycles. The molecule has 1 aliphatic heterocycles. The van der Waals surface area contributed by atoms with Gasteiger partial charge in [0, 0.05) is 15.6 Å². The molecule has 1 N–H and O–H groups in total. The van der Waals surface area contributed by atoms with Crippen molar-refractivity contribution in [1.82, 2.24) is 4.90 Å². The van der Waals surface area contributed by atoms with Crippen LogP contribution in [-0.2, 0) is 4.79 Å². The van der Waals surface area contributed by atoms with E-state index in [4.69, 9.17) is 28.2 Å². The number of hydrogen-bond acceptors (Lipinski definition) is 3. The molecule has 2 aromatic rings. The molecule has 1 amide bonds. The molecule has 0 aromatic heterocycles. The average molecular weight is 544 g/mol. The van der Waals surface area contributed by atoms with Crippen LogP contribution in [0.4, 0.5) is 0 Å². The number of aliphatic imine (C=N–C) groups is 1. The standard InChI is InChI=1S/C30H36Cl2N2O3/c1-18(2)14-25(19-6-8-20(9-7-19)28(36)37)34-27(35)26(21-15-23(31)17-24(32)16-21)33-30(34)12-10-22(11-13-30)29(3,4)5/h6-9,15-18,22,25H,10-14H2,1-5H3,(H,36,37). The van der Waals surface area contributed by atoms with Crippen LogP contribution in [0.3, 0.4) is 0 Å². The summed E-state index contributed by atoms with van der Waals surface area (Å²) in [4.78, 5) is 32.9. The number of carbonyl (C=O) groups is 2. The third-order valence-corrected chi connectivity index (χ3v) is 8.32. The van der Waals surface area contributed by atoms with E-state index in [9.17, 15) is 14.7 Å². The lowest BCUT2D eigenvalue weighted by Gasteiger charge is -2.47. The Morgan fingerprint density at radius 3 is 2.14 bits per heavy atom. The third kappa shape index (κ3) is 5.73. The van der Waals surface area contributed by atoms with Crippen LogP contribution in [0.5, 0.6) is 0 Å². The van der Waals surface area contributed by atoms with Crippen LogP contribution in [0.2, 0.25) is 10.0 Å². The molecular weight excluding hydrogens is 507 g/mol. The maximum atomic E-state index is 14.3. The molecule has 5 nitrogen and oxygen atoms in total. The molecule has 1 saturated carbocycles. The number of carbonyl (C=O) groups excluding carboxylic acids is 1. The van der Waals surface area contributed by atoms with Crippen LogP contribution in [0.1, 0.15) is 94.2 Å². The maximum Gasteiger partial charge on any atom is 0.335 e. The Hall–Kier alpha value is -2.37. The van der Waals surface area contributed by atoms with Gasteiger partial charge in [0.15, 0.2) is 0 Å². The lowest BCUT2D eigenvalue weighted by molar-refractivity contribution is -0.134. The third-order valence-electron chi connectivity index (χ3n) is 7.89. The summed E-state index contributed by atoms with van der Waals surface area (Å²) in [6.45, 7) is 11.1. The van der Waals surface area contributed by atoms with Gasteiger partial charge in [-0.05, 0) is 85.3 Å². The van der Waals surface area contributed by atoms with E-state index < -0.39 is 11.6 Å². The summed E-state index contributed by atoms with van der Waals surface area (Å²) in [5, 5.41) is 10.3. The number of carboxylic acid groups (broad SMARTS) is 1. The van der Waals surface area contributed by atoms with Crippen molar-refractivity contribution in [3.63, 3.8) is 0 Å². The van der Waals surface area contributed by atoms with Gasteiger partial charge in [0.2, 0.25) is 0 Å². The van der Waals surface area contributed by atoms with E-state index in [-0.39, 0.29) is 22.9 Å². The van der Waals surface area contributed by atoms with Gasteiger partial charge in [0.1, 0.15) is 11.4 Å². The van der Waals surface area contributed by atoms with Gasteiger partial charge in [-0.1, -0.05) is 70.0 Å². The first-order valence-electron chi connectivity index (χ1n) is 13.0. The molecule has 198 valence electrons. The van der Waals surface area contributed by atoms with E-state index in [1.54, 1.807) is 30.3 Å². The van der Waals surface area contributed by atoms with E-state index in [2.05, 4.69) is 34.6 Å². The number of rotatable bonds is 6. The number of hydrogen-bond donors (Lipinski definition) is 1. The zero-order valence-corrected chi connectivity index (χ0v) is 23.7. The van der Waals surface area contributed by atoms with Crippen molar-refractivity contribution in [3.05, 3.63) is 69.2 Å². The van der Waals surface area contributed by atoms with Crippen LogP contribution in [0.25, 0.3) is 0 Å². The van der Waals surface area contributed by atoms with Crippen molar-refractivity contribution >= 4 is 40.8 Å². The van der Waals surface area contributed by atoms with Crippen molar-refractivity contribution in [1.29, 1.82) is 0 Å². The molecule has 7 heteroatoms. The van der Waals surface area contributed by atoms with E-state index in [0.717, 1.165) is 37.7 Å². The average Bonchev–Trinajstić information content (AvgIpc) is 3.08. The number of aromatic carboxylic acids is 1. The quantitative estimate of drug-likeness (QED) is 0.401. The van der Waals surface area contributed by atoms with Crippen molar-refractivity contribution in [2.75, 3.05) is 0 Å². The van der Waals surface area contributed by atoms with Crippen LogP contribution in [0.15, 0.2) is 47.5 Å². The number of benzene rings is 2. The molecule has 37 heavy (non-hydrogen) atoms. The summed E-state index contributed by atoms with van der Waals surface area (Å²) < 4.78 is 0. The predicted octanol–water partition coefficient (Wildman–Crippen LogP) is 8.04. The normalized spacial score (nSPS) is 23.0. The SMILES string of the molecule is CC(C)CC(c1ccc(C(=O)O)cc1)N1C(=O)C(c2cc(Cl)cc(Cl)c2)=NC12CCC(C(C)(C)C)CC2. The largest absolute Gasteiger partial charge is 0.478 e. The topological polar surface area (TPSA) is 70.0 Å². The van der Waals surface area contributed by atoms with Gasteiger partial charge in [0.25, 0.3) is 5.91 Å². The molecule has 0 saturated heterocycles. The Kier molecular flexibility index (Phi) is 7.79. The highest BCUT2D eigenvalue weighted by Gasteiger charge is 2.52. The summed E-state index contributed by atoms with van der Waals surface area (Å²) in [6.07, 6.45) is 4.25. The van der Waals surface area contributed by atoms with Gasteiger partial charge in [-0.15, -0.1) is 0 Å². The van der Waals surface area contributed by atoms with Gasteiger partial charge < -0.3 is 10.0 Å². The summed E-state index contributed by atoms with van der Waals surface area (Å²) >= 11 is 12.6. The summed E-state index contributed by atoms with van der Waals surface area (Å²) in [6, 6.07) is 11.8. The number of carboxylic acids is 1. The molecule has 1 heterocycles. The second kappa shape index (κ2) is 10.4. The lowest BCUT2D eigenvalue weighted by Crippen LogP contribution is -2.51. The first-order chi connectivity index (χ1) is 17.3. The first-order valence-corrected chi connectivity index (χ1v) is 13.8. The fraction of sp³-hybridized carbons (Fsp3) is 0.500. The Bertz CT molecular complexity index is 1190. The Labute approximate surface area is 229 Å². The second-order valence-corrected chi connectivity index (χ2v) is 12.9. The van der Waals surface area contributed by atoms with Crippen LogP contribution in [0, 0.1) is 17.3 Å². The molecule has 0 bridgehead atoms. The Balaban J connectivity index is 1.81. The van der Waals surface area contributed by atoms with Crippen LogP contribution in [-0.4, -0.2) is 33.3 Å². The molecule has 1 spiro atoms. The summed E-state index contributed by atoms with van der Waals surface area (Å²) in [7, 11) is 0. The minimum atomic E-state index is -0.968. The molecule has 2 aromatic carbocycles. The van der Waals surface area contributed by atoms with E-state index in [0.29, 0.717) is 33.2 Å². The molecule has 1 atom stereocenters. The molecule has 1 fully saturated rings. The van der Waals surface area contributed by atoms with Gasteiger partial charge in [-0.25, -0.2) is 4.79 Å². The second-order valence-electron chi connectivity index (χ2n) is 12.0. The molecule has 1 unspecified atom stereocenters. The number of halogens is 2. The zero-order chi connectivity index (χ0) is 27.1. The van der Waals surface area contributed by atoms with Gasteiger partial charge in [-0.2, -0.15) is 0 Å². The summed E-state index contributed by atoms with van der Waals surface area (Å²) in [5.41, 5.74) is 1.71. The minimum Gasteiger partial charge on any atom is -0.478 e. The smallest absolute Gasteiger partial charge is 0.335 e. The Morgan fingerprint density at radius 2 is 1.65 bits per heavy atom. The van der Waals surface area contributed by atoms with E-state index >= 15 is 0 Å². The monoisotopic (exact) mass is 542 g/mol. The van der Waals surface area contributed by atoms with Crippen molar-refractivity contribution in [3.8, 4) is 0 Å². The van der Waals surface area contributed by atoms with Crippen LogP contribution >= 0.6 is 23.2 Å². The fourth-order valence-corrected chi connectivity index (χ4v) is 6.43. The van der Waals surface area contributed by atoms with E-state index in [1.165, 1.54) is 0 Å². The molecule has 4 rings (SSSR count). The molecule has 2 aliphatic rings. The number of amides is 1. The van der Waals surface area contributed by atoms with Gasteiger partial charge >= 0.3 is 5.97 Å². The number of nitrogens with zero attached hydrogens (tertiary/aromatic N) is 2. The van der Waals surface area contributed by atoms with E-state index in [1.807, 2.05) is 17.0 Å². The fourth-order valence-electron chi connectivity index (χ4n) is 5.91. The highest BCUT2D eigenvalue weighted by Crippen LogP contribution is 2.50. The van der Waals surface area contributed by atoms with Crippen molar-refractivity contribution in [2.45, 2.75) is 78.4 Å².